The summed E-state index contributed by atoms with van der Waals surface area (Å²) in [6.07, 6.45) is 3.26. The lowest BCUT2D eigenvalue weighted by Gasteiger charge is -2.17. The number of carbonyl (C=O) groups is 1. The third-order valence-electron chi connectivity index (χ3n) is 2.63. The first kappa shape index (κ1) is 10.6. The fraction of sp³-hybridized carbons (Fsp3) is 0.364. The van der Waals surface area contributed by atoms with E-state index < -0.39 is 0 Å². The second kappa shape index (κ2) is 3.92. The zero-order valence-electron chi connectivity index (χ0n) is 9.29. The van der Waals surface area contributed by atoms with Crippen LogP contribution in [0.4, 0.5) is 0 Å². The van der Waals surface area contributed by atoms with Crippen LogP contribution in [-0.4, -0.2) is 20.5 Å². The van der Waals surface area contributed by atoms with E-state index in [4.69, 9.17) is 5.73 Å². The largest absolute Gasteiger partial charge is 0.369 e. The fourth-order valence-electron chi connectivity index (χ4n) is 1.90. The number of fused-ring (bicyclic) bond motifs is 1. The van der Waals surface area contributed by atoms with E-state index in [-0.39, 0.29) is 17.7 Å². The van der Waals surface area contributed by atoms with Gasteiger partial charge < -0.3 is 5.73 Å². The normalized spacial score (nSPS) is 13.2. The molecule has 1 unspecified atom stereocenters. The molecule has 0 aliphatic carbocycles. The first-order valence-electron chi connectivity index (χ1n) is 5.19. The van der Waals surface area contributed by atoms with Crippen LogP contribution in [0.1, 0.15) is 25.5 Å². The van der Waals surface area contributed by atoms with E-state index in [0.717, 1.165) is 5.52 Å². The van der Waals surface area contributed by atoms with Gasteiger partial charge in [0.05, 0.1) is 17.1 Å². The Kier molecular flexibility index (Phi) is 2.60. The van der Waals surface area contributed by atoms with Crippen LogP contribution in [0.25, 0.3) is 5.52 Å². The molecule has 2 heterocycles. The van der Waals surface area contributed by atoms with Crippen LogP contribution in [0.15, 0.2) is 24.7 Å². The fourth-order valence-corrected chi connectivity index (χ4v) is 1.90. The van der Waals surface area contributed by atoms with Gasteiger partial charge in [-0.3, -0.25) is 4.79 Å². The number of aromatic nitrogens is 3. The van der Waals surface area contributed by atoms with Gasteiger partial charge in [-0.2, -0.15) is 5.10 Å². The van der Waals surface area contributed by atoms with E-state index in [2.05, 4.69) is 10.1 Å². The van der Waals surface area contributed by atoms with E-state index in [0.29, 0.717) is 5.69 Å². The SMILES string of the molecule is CC(C)C(C(N)=O)c1ncnn2cccc12. The number of nitrogens with two attached hydrogens (primary N) is 1. The second-order valence-corrected chi connectivity index (χ2v) is 4.11. The van der Waals surface area contributed by atoms with Gasteiger partial charge in [-0.25, -0.2) is 9.50 Å². The zero-order valence-corrected chi connectivity index (χ0v) is 9.29. The Balaban J connectivity index is 2.60. The monoisotopic (exact) mass is 218 g/mol. The molecule has 0 fully saturated rings. The molecule has 5 heteroatoms. The predicted molar refractivity (Wildman–Crippen MR) is 59.8 cm³/mol. The lowest BCUT2D eigenvalue weighted by atomic mass is 9.91. The predicted octanol–water partition coefficient (Wildman–Crippen LogP) is 0.954. The number of rotatable bonds is 3. The van der Waals surface area contributed by atoms with Crippen LogP contribution in [0.2, 0.25) is 0 Å². The number of nitrogens with zero attached hydrogens (tertiary/aromatic N) is 3. The van der Waals surface area contributed by atoms with Gasteiger partial charge in [0, 0.05) is 6.20 Å². The minimum atomic E-state index is -0.375. The Labute approximate surface area is 93.3 Å². The molecule has 2 N–H and O–H groups in total. The van der Waals surface area contributed by atoms with Crippen LogP contribution in [0, 0.1) is 5.92 Å². The first-order chi connectivity index (χ1) is 7.61. The molecule has 0 radical (unpaired) electrons. The van der Waals surface area contributed by atoms with Crippen LogP contribution in [0.3, 0.4) is 0 Å². The maximum atomic E-state index is 11.5. The maximum absolute atomic E-state index is 11.5. The van der Waals surface area contributed by atoms with Crippen molar-refractivity contribution < 1.29 is 4.79 Å². The van der Waals surface area contributed by atoms with Crippen LogP contribution in [0.5, 0.6) is 0 Å². The van der Waals surface area contributed by atoms with Gasteiger partial charge in [0.2, 0.25) is 5.91 Å². The molecule has 0 aliphatic rings. The third kappa shape index (κ3) is 1.64. The average molecular weight is 218 g/mol. The van der Waals surface area contributed by atoms with Crippen molar-refractivity contribution in [2.24, 2.45) is 11.7 Å². The van der Waals surface area contributed by atoms with Crippen molar-refractivity contribution in [3.8, 4) is 0 Å². The molecule has 5 nitrogen and oxygen atoms in total. The van der Waals surface area contributed by atoms with Crippen molar-refractivity contribution in [3.05, 3.63) is 30.4 Å². The van der Waals surface area contributed by atoms with Gasteiger partial charge in [0.1, 0.15) is 6.33 Å². The Morgan fingerprint density at radius 3 is 2.88 bits per heavy atom. The Bertz CT molecular complexity index is 517. The van der Waals surface area contributed by atoms with E-state index >= 15 is 0 Å². The summed E-state index contributed by atoms with van der Waals surface area (Å²) in [5, 5.41) is 4.06. The highest BCUT2D eigenvalue weighted by atomic mass is 16.1. The second-order valence-electron chi connectivity index (χ2n) is 4.11. The maximum Gasteiger partial charge on any atom is 0.226 e. The summed E-state index contributed by atoms with van der Waals surface area (Å²) in [6.45, 7) is 3.91. The third-order valence-corrected chi connectivity index (χ3v) is 2.63. The summed E-state index contributed by atoms with van der Waals surface area (Å²) >= 11 is 0. The van der Waals surface area contributed by atoms with Crippen LogP contribution in [-0.2, 0) is 4.79 Å². The van der Waals surface area contributed by atoms with Crippen molar-refractivity contribution in [3.63, 3.8) is 0 Å². The molecule has 0 aliphatic heterocycles. The Hall–Kier alpha value is -1.91. The van der Waals surface area contributed by atoms with E-state index in [1.54, 1.807) is 4.52 Å². The molecule has 2 aromatic rings. The highest BCUT2D eigenvalue weighted by Gasteiger charge is 2.25. The van der Waals surface area contributed by atoms with Crippen molar-refractivity contribution in [1.29, 1.82) is 0 Å². The summed E-state index contributed by atoms with van der Waals surface area (Å²) in [5.41, 5.74) is 6.95. The molecule has 1 atom stereocenters. The van der Waals surface area contributed by atoms with Crippen LogP contribution >= 0.6 is 0 Å². The summed E-state index contributed by atoms with van der Waals surface area (Å²) in [7, 11) is 0. The molecular weight excluding hydrogens is 204 g/mol. The Morgan fingerprint density at radius 1 is 1.50 bits per heavy atom. The van der Waals surface area contributed by atoms with Gasteiger partial charge in [0.15, 0.2) is 0 Å². The molecule has 2 rings (SSSR count). The molecule has 0 saturated heterocycles. The summed E-state index contributed by atoms with van der Waals surface area (Å²) in [4.78, 5) is 15.6. The van der Waals surface area contributed by atoms with Gasteiger partial charge in [-0.05, 0) is 18.1 Å². The molecule has 0 saturated carbocycles. The standard InChI is InChI=1S/C11H14N4O/c1-7(2)9(11(12)16)10-8-4-3-5-15(8)14-6-13-10/h3-7,9H,1-2H3,(H2,12,16). The summed E-state index contributed by atoms with van der Waals surface area (Å²) < 4.78 is 1.70. The number of hydrogen-bond acceptors (Lipinski definition) is 3. The molecule has 2 aromatic heterocycles. The number of carbonyl (C=O) groups excluding carboxylic acids is 1. The van der Waals surface area contributed by atoms with Crippen LogP contribution < -0.4 is 5.73 Å². The van der Waals surface area contributed by atoms with Gasteiger partial charge >= 0.3 is 0 Å². The van der Waals surface area contributed by atoms with Gasteiger partial charge in [-0.15, -0.1) is 0 Å². The highest BCUT2D eigenvalue weighted by Crippen LogP contribution is 2.25. The minimum Gasteiger partial charge on any atom is -0.369 e. The van der Waals surface area contributed by atoms with Gasteiger partial charge in [0.25, 0.3) is 0 Å². The lowest BCUT2D eigenvalue weighted by Crippen LogP contribution is -2.27. The summed E-state index contributed by atoms with van der Waals surface area (Å²) in [6, 6.07) is 3.75. The smallest absolute Gasteiger partial charge is 0.226 e. The van der Waals surface area contributed by atoms with Crippen molar-refractivity contribution >= 4 is 11.4 Å². The topological polar surface area (TPSA) is 73.3 Å². The molecule has 84 valence electrons. The highest BCUT2D eigenvalue weighted by molar-refractivity contribution is 5.83. The lowest BCUT2D eigenvalue weighted by molar-refractivity contribution is -0.120. The zero-order chi connectivity index (χ0) is 11.7. The molecule has 0 bridgehead atoms. The van der Waals surface area contributed by atoms with E-state index in [1.807, 2.05) is 32.2 Å². The number of hydrogen-bond donors (Lipinski definition) is 1. The first-order valence-corrected chi connectivity index (χ1v) is 5.19. The molecular formula is C11H14N4O. The van der Waals surface area contributed by atoms with E-state index in [1.165, 1.54) is 6.33 Å². The molecule has 0 spiro atoms. The van der Waals surface area contributed by atoms with Gasteiger partial charge in [-0.1, -0.05) is 13.8 Å². The summed E-state index contributed by atoms with van der Waals surface area (Å²) in [5.74, 6) is -0.608. The Morgan fingerprint density at radius 2 is 2.25 bits per heavy atom. The molecule has 0 aromatic carbocycles. The molecule has 1 amide bonds. The number of primary amides is 1. The average Bonchev–Trinajstić information content (AvgIpc) is 2.65. The minimum absolute atomic E-state index is 0.117. The quantitative estimate of drug-likeness (QED) is 0.833. The van der Waals surface area contributed by atoms with Crippen molar-refractivity contribution in [2.45, 2.75) is 19.8 Å². The number of amides is 1. The molecule has 16 heavy (non-hydrogen) atoms. The van der Waals surface area contributed by atoms with Crippen molar-refractivity contribution in [2.75, 3.05) is 0 Å². The van der Waals surface area contributed by atoms with E-state index in [9.17, 15) is 4.79 Å². The van der Waals surface area contributed by atoms with Crippen molar-refractivity contribution in [1.82, 2.24) is 14.6 Å².